The van der Waals surface area contributed by atoms with Crippen molar-refractivity contribution in [3.8, 4) is 0 Å². The molecule has 1 aromatic heterocycles. The molecule has 5 heteroatoms. The molecule has 0 saturated carbocycles. The van der Waals surface area contributed by atoms with Gasteiger partial charge >= 0.3 is 0 Å². The number of amides is 1. The van der Waals surface area contributed by atoms with E-state index in [4.69, 9.17) is 11.6 Å². The molecule has 0 atom stereocenters. The quantitative estimate of drug-likeness (QED) is 0.688. The van der Waals surface area contributed by atoms with Gasteiger partial charge in [-0.1, -0.05) is 45.7 Å². The van der Waals surface area contributed by atoms with Crippen molar-refractivity contribution in [3.05, 3.63) is 69.3 Å². The molecule has 1 amide bonds. The minimum absolute atomic E-state index is 0.161. The molecule has 0 bridgehead atoms. The van der Waals surface area contributed by atoms with Gasteiger partial charge in [-0.05, 0) is 36.2 Å². The number of benzene rings is 2. The Morgan fingerprint density at radius 1 is 1.23 bits per heavy atom. The topological polar surface area (TPSA) is 44.9 Å². The molecule has 3 nitrogen and oxygen atoms in total. The lowest BCUT2D eigenvalue weighted by Gasteiger charge is -2.07. The Balaban J connectivity index is 1.65. The van der Waals surface area contributed by atoms with Crippen molar-refractivity contribution in [2.75, 3.05) is 6.54 Å². The van der Waals surface area contributed by atoms with Crippen molar-refractivity contribution in [1.82, 2.24) is 10.3 Å². The highest BCUT2D eigenvalue weighted by Crippen LogP contribution is 2.21. The molecule has 2 aromatic carbocycles. The lowest BCUT2D eigenvalue weighted by atomic mass is 10.1. The van der Waals surface area contributed by atoms with Gasteiger partial charge in [-0.3, -0.25) is 4.79 Å². The standard InChI is InChI=1S/C17H14BrClN2O/c18-12-5-6-15(19)14(9-12)17(22)20-8-7-11-10-21-16-4-2-1-3-13(11)16/h1-6,9-10,21H,7-8H2,(H,20,22). The molecule has 0 aliphatic carbocycles. The second-order valence-electron chi connectivity index (χ2n) is 4.99. The van der Waals surface area contributed by atoms with Crippen molar-refractivity contribution in [1.29, 1.82) is 0 Å². The van der Waals surface area contributed by atoms with E-state index in [0.29, 0.717) is 17.1 Å². The maximum absolute atomic E-state index is 12.2. The average Bonchev–Trinajstić information content (AvgIpc) is 2.93. The fraction of sp³-hybridized carbons (Fsp3) is 0.118. The van der Waals surface area contributed by atoms with Crippen molar-refractivity contribution < 1.29 is 4.79 Å². The molecule has 1 heterocycles. The van der Waals surface area contributed by atoms with E-state index in [1.54, 1.807) is 12.1 Å². The number of hydrogen-bond donors (Lipinski definition) is 2. The Morgan fingerprint density at radius 3 is 2.91 bits per heavy atom. The number of nitrogens with one attached hydrogen (secondary N) is 2. The number of halogens is 2. The normalized spacial score (nSPS) is 10.8. The Labute approximate surface area is 141 Å². The summed E-state index contributed by atoms with van der Waals surface area (Å²) in [6.07, 6.45) is 2.75. The van der Waals surface area contributed by atoms with Crippen LogP contribution in [-0.2, 0) is 6.42 Å². The number of rotatable bonds is 4. The summed E-state index contributed by atoms with van der Waals surface area (Å²) in [6, 6.07) is 13.4. The monoisotopic (exact) mass is 376 g/mol. The summed E-state index contributed by atoms with van der Waals surface area (Å²) in [5, 5.41) is 4.56. The maximum atomic E-state index is 12.2. The summed E-state index contributed by atoms with van der Waals surface area (Å²) in [6.45, 7) is 0.559. The molecule has 0 unspecified atom stereocenters. The smallest absolute Gasteiger partial charge is 0.252 e. The number of aromatic nitrogens is 1. The van der Waals surface area contributed by atoms with Crippen LogP contribution in [0.4, 0.5) is 0 Å². The third-order valence-corrected chi connectivity index (χ3v) is 4.35. The first-order valence-electron chi connectivity index (χ1n) is 6.93. The summed E-state index contributed by atoms with van der Waals surface area (Å²) < 4.78 is 0.832. The van der Waals surface area contributed by atoms with Gasteiger partial charge < -0.3 is 10.3 Å². The molecule has 0 aliphatic heterocycles. The van der Waals surface area contributed by atoms with Crippen LogP contribution in [0.15, 0.2) is 53.1 Å². The first-order chi connectivity index (χ1) is 10.6. The SMILES string of the molecule is O=C(NCCc1c[nH]c2ccccc12)c1cc(Br)ccc1Cl. The average molecular weight is 378 g/mol. The van der Waals surface area contributed by atoms with E-state index in [9.17, 15) is 4.79 Å². The number of H-pyrrole nitrogens is 1. The van der Waals surface area contributed by atoms with Crippen molar-refractivity contribution in [2.45, 2.75) is 6.42 Å². The molecule has 22 heavy (non-hydrogen) atoms. The highest BCUT2D eigenvalue weighted by molar-refractivity contribution is 9.10. The van der Waals surface area contributed by atoms with E-state index in [0.717, 1.165) is 16.4 Å². The lowest BCUT2D eigenvalue weighted by Crippen LogP contribution is -2.25. The Kier molecular flexibility index (Phi) is 4.50. The lowest BCUT2D eigenvalue weighted by molar-refractivity contribution is 0.0954. The number of carbonyl (C=O) groups is 1. The number of fused-ring (bicyclic) bond motifs is 1. The van der Waals surface area contributed by atoms with E-state index >= 15 is 0 Å². The minimum atomic E-state index is -0.161. The maximum Gasteiger partial charge on any atom is 0.252 e. The van der Waals surface area contributed by atoms with Gasteiger partial charge in [-0.2, -0.15) is 0 Å². The van der Waals surface area contributed by atoms with Gasteiger partial charge in [0.15, 0.2) is 0 Å². The molecule has 0 saturated heterocycles. The fourth-order valence-electron chi connectivity index (χ4n) is 2.42. The molecule has 2 N–H and O–H groups in total. The minimum Gasteiger partial charge on any atom is -0.361 e. The molecular formula is C17H14BrClN2O. The van der Waals surface area contributed by atoms with Gasteiger partial charge in [0, 0.05) is 28.1 Å². The van der Waals surface area contributed by atoms with Crippen LogP contribution in [0.25, 0.3) is 10.9 Å². The molecule has 0 fully saturated rings. The van der Waals surface area contributed by atoms with Gasteiger partial charge in [-0.15, -0.1) is 0 Å². The van der Waals surface area contributed by atoms with Gasteiger partial charge in [-0.25, -0.2) is 0 Å². The zero-order chi connectivity index (χ0) is 15.5. The van der Waals surface area contributed by atoms with Crippen LogP contribution in [0.3, 0.4) is 0 Å². The summed E-state index contributed by atoms with van der Waals surface area (Å²) >= 11 is 9.41. The van der Waals surface area contributed by atoms with Crippen LogP contribution < -0.4 is 5.32 Å². The molecule has 3 rings (SSSR count). The van der Waals surface area contributed by atoms with Gasteiger partial charge in [0.1, 0.15) is 0 Å². The molecule has 0 aliphatic rings. The Morgan fingerprint density at radius 2 is 2.05 bits per heavy atom. The molecule has 0 spiro atoms. The van der Waals surface area contributed by atoms with Crippen LogP contribution in [0.5, 0.6) is 0 Å². The van der Waals surface area contributed by atoms with E-state index in [1.165, 1.54) is 10.9 Å². The number of carbonyl (C=O) groups excluding carboxylic acids is 1. The summed E-state index contributed by atoms with van der Waals surface area (Å²) in [7, 11) is 0. The van der Waals surface area contributed by atoms with Gasteiger partial charge in [0.25, 0.3) is 5.91 Å². The molecule has 3 aromatic rings. The van der Waals surface area contributed by atoms with E-state index in [1.807, 2.05) is 30.5 Å². The molecular weight excluding hydrogens is 364 g/mol. The second-order valence-corrected chi connectivity index (χ2v) is 6.31. The third kappa shape index (κ3) is 3.18. The summed E-state index contributed by atoms with van der Waals surface area (Å²) in [5.41, 5.74) is 2.78. The van der Waals surface area contributed by atoms with Crippen LogP contribution in [0, 0.1) is 0 Å². The predicted molar refractivity (Wildman–Crippen MR) is 93.5 cm³/mol. The number of aromatic amines is 1. The Hall–Kier alpha value is -1.78. The Bertz CT molecular complexity index is 828. The zero-order valence-corrected chi connectivity index (χ0v) is 14.0. The second kappa shape index (κ2) is 6.55. The first-order valence-corrected chi connectivity index (χ1v) is 8.10. The van der Waals surface area contributed by atoms with E-state index in [-0.39, 0.29) is 5.91 Å². The number of para-hydroxylation sites is 1. The van der Waals surface area contributed by atoms with E-state index in [2.05, 4.69) is 32.3 Å². The number of hydrogen-bond acceptors (Lipinski definition) is 1. The van der Waals surface area contributed by atoms with Crippen LogP contribution in [0.1, 0.15) is 15.9 Å². The van der Waals surface area contributed by atoms with Gasteiger partial charge in [0.05, 0.1) is 10.6 Å². The fourth-order valence-corrected chi connectivity index (χ4v) is 2.98. The van der Waals surface area contributed by atoms with Crippen LogP contribution in [0.2, 0.25) is 5.02 Å². The third-order valence-electron chi connectivity index (χ3n) is 3.53. The molecule has 112 valence electrons. The van der Waals surface area contributed by atoms with Crippen molar-refractivity contribution in [2.24, 2.45) is 0 Å². The molecule has 0 radical (unpaired) electrons. The van der Waals surface area contributed by atoms with Crippen molar-refractivity contribution >= 4 is 44.3 Å². The van der Waals surface area contributed by atoms with E-state index < -0.39 is 0 Å². The highest BCUT2D eigenvalue weighted by atomic mass is 79.9. The van der Waals surface area contributed by atoms with Gasteiger partial charge in [0.2, 0.25) is 0 Å². The van der Waals surface area contributed by atoms with Crippen LogP contribution >= 0.6 is 27.5 Å². The zero-order valence-electron chi connectivity index (χ0n) is 11.7. The summed E-state index contributed by atoms with van der Waals surface area (Å²) in [5.74, 6) is -0.161. The first kappa shape index (κ1) is 15.1. The largest absolute Gasteiger partial charge is 0.361 e. The van der Waals surface area contributed by atoms with Crippen LogP contribution in [-0.4, -0.2) is 17.4 Å². The highest BCUT2D eigenvalue weighted by Gasteiger charge is 2.11. The predicted octanol–water partition coefficient (Wildman–Crippen LogP) is 4.56. The summed E-state index contributed by atoms with van der Waals surface area (Å²) in [4.78, 5) is 15.4. The van der Waals surface area contributed by atoms with Crippen molar-refractivity contribution in [3.63, 3.8) is 0 Å².